The second-order valence-corrected chi connectivity index (χ2v) is 8.04. The van der Waals surface area contributed by atoms with Crippen LogP contribution in [-0.2, 0) is 19.0 Å². The molecule has 1 aliphatic heterocycles. The molecule has 1 saturated heterocycles. The number of esters is 2. The molecule has 1 heterocycles. The number of methoxy groups -OCH3 is 2. The van der Waals surface area contributed by atoms with E-state index in [1.165, 1.54) is 37.3 Å². The Kier molecular flexibility index (Phi) is 7.42. The molecule has 1 N–H and O–H groups in total. The lowest BCUT2D eigenvalue weighted by atomic mass is 9.97. The number of ether oxygens (including phenoxy) is 3. The Morgan fingerprint density at radius 1 is 1.00 bits per heavy atom. The summed E-state index contributed by atoms with van der Waals surface area (Å²) in [5, 5.41) is 2.72. The summed E-state index contributed by atoms with van der Waals surface area (Å²) in [7, 11) is 2.44. The number of rotatable bonds is 4. The molecule has 0 bridgehead atoms. The molecule has 0 aromatic heterocycles. The van der Waals surface area contributed by atoms with Gasteiger partial charge in [0, 0.05) is 18.8 Å². The average molecular weight is 420 g/mol. The molecule has 1 aromatic carbocycles. The molecule has 1 aliphatic rings. The lowest BCUT2D eigenvalue weighted by Crippen LogP contribution is -2.45. The number of hydrogen-bond acceptors (Lipinski definition) is 7. The third kappa shape index (κ3) is 6.20. The van der Waals surface area contributed by atoms with Gasteiger partial charge in [-0.3, -0.25) is 4.79 Å². The van der Waals surface area contributed by atoms with Crippen LogP contribution in [0.1, 0.15) is 54.3 Å². The van der Waals surface area contributed by atoms with Crippen molar-refractivity contribution in [2.24, 2.45) is 5.92 Å². The highest BCUT2D eigenvalue weighted by Crippen LogP contribution is 2.23. The van der Waals surface area contributed by atoms with E-state index in [1.807, 2.05) is 0 Å². The van der Waals surface area contributed by atoms with Crippen molar-refractivity contribution in [1.82, 2.24) is 4.90 Å². The lowest BCUT2D eigenvalue weighted by molar-refractivity contribution is -0.121. The standard InChI is InChI=1S/C21H28N2O7/c1-21(2,3)30-20(27)23-8-6-7-13(12-23)17(24)22-16-10-14(18(25)28-4)9-15(11-16)19(26)29-5/h9-11,13H,6-8,12H2,1-5H3,(H,22,24). The van der Waals surface area contributed by atoms with Crippen molar-refractivity contribution in [1.29, 1.82) is 0 Å². The predicted octanol–water partition coefficient (Wildman–Crippen LogP) is 2.85. The maximum atomic E-state index is 12.8. The van der Waals surface area contributed by atoms with Crippen LogP contribution in [0.3, 0.4) is 0 Å². The smallest absolute Gasteiger partial charge is 0.410 e. The number of carbonyl (C=O) groups excluding carboxylic acids is 4. The fraction of sp³-hybridized carbons (Fsp3) is 0.524. The number of benzene rings is 1. The minimum absolute atomic E-state index is 0.106. The van der Waals surface area contributed by atoms with E-state index in [2.05, 4.69) is 5.32 Å². The third-order valence-corrected chi connectivity index (χ3v) is 4.49. The topological polar surface area (TPSA) is 111 Å². The van der Waals surface area contributed by atoms with Crippen LogP contribution in [0.5, 0.6) is 0 Å². The second kappa shape index (κ2) is 9.60. The second-order valence-electron chi connectivity index (χ2n) is 8.04. The van der Waals surface area contributed by atoms with Crippen LogP contribution in [-0.4, -0.2) is 61.7 Å². The Hall–Kier alpha value is -3.10. The molecule has 0 saturated carbocycles. The molecular weight excluding hydrogens is 392 g/mol. The Labute approximate surface area is 175 Å². The first-order valence-electron chi connectivity index (χ1n) is 9.64. The highest BCUT2D eigenvalue weighted by Gasteiger charge is 2.31. The van der Waals surface area contributed by atoms with Gasteiger partial charge in [-0.05, 0) is 51.8 Å². The number of likely N-dealkylation sites (tertiary alicyclic amines) is 1. The fourth-order valence-electron chi connectivity index (χ4n) is 3.10. The van der Waals surface area contributed by atoms with Gasteiger partial charge in [-0.1, -0.05) is 0 Å². The Morgan fingerprint density at radius 3 is 2.07 bits per heavy atom. The number of nitrogens with zero attached hydrogens (tertiary/aromatic N) is 1. The molecule has 30 heavy (non-hydrogen) atoms. The minimum atomic E-state index is -0.648. The Morgan fingerprint density at radius 2 is 1.57 bits per heavy atom. The number of nitrogens with one attached hydrogen (secondary N) is 1. The van der Waals surface area contributed by atoms with Crippen LogP contribution in [0.4, 0.5) is 10.5 Å². The number of anilines is 1. The van der Waals surface area contributed by atoms with Gasteiger partial charge in [0.2, 0.25) is 5.91 Å². The minimum Gasteiger partial charge on any atom is -0.465 e. The van der Waals surface area contributed by atoms with Gasteiger partial charge in [-0.15, -0.1) is 0 Å². The summed E-state index contributed by atoms with van der Waals surface area (Å²) in [5.41, 5.74) is -0.146. The molecule has 2 amide bonds. The van der Waals surface area contributed by atoms with Gasteiger partial charge in [0.05, 0.1) is 31.3 Å². The van der Waals surface area contributed by atoms with Gasteiger partial charge in [0.1, 0.15) is 5.60 Å². The molecule has 2 rings (SSSR count). The zero-order valence-electron chi connectivity index (χ0n) is 17.9. The van der Waals surface area contributed by atoms with Crippen LogP contribution < -0.4 is 5.32 Å². The summed E-state index contributed by atoms with van der Waals surface area (Å²) in [5.74, 6) is -2.06. The van der Waals surface area contributed by atoms with Crippen LogP contribution in [0, 0.1) is 5.92 Å². The van der Waals surface area contributed by atoms with E-state index < -0.39 is 29.6 Å². The molecule has 1 fully saturated rings. The first-order chi connectivity index (χ1) is 14.0. The van der Waals surface area contributed by atoms with Crippen molar-refractivity contribution in [3.8, 4) is 0 Å². The van der Waals surface area contributed by atoms with E-state index in [0.717, 1.165) is 0 Å². The van der Waals surface area contributed by atoms with E-state index in [0.29, 0.717) is 19.4 Å². The van der Waals surface area contributed by atoms with Gasteiger partial charge < -0.3 is 24.4 Å². The van der Waals surface area contributed by atoms with Gasteiger partial charge in [0.15, 0.2) is 0 Å². The van der Waals surface area contributed by atoms with E-state index in [4.69, 9.17) is 14.2 Å². The van der Waals surface area contributed by atoms with Gasteiger partial charge in [-0.25, -0.2) is 14.4 Å². The highest BCUT2D eigenvalue weighted by molar-refractivity contribution is 6.00. The number of hydrogen-bond donors (Lipinski definition) is 1. The molecule has 164 valence electrons. The van der Waals surface area contributed by atoms with Crippen LogP contribution >= 0.6 is 0 Å². The molecule has 1 aromatic rings. The quantitative estimate of drug-likeness (QED) is 0.589. The first kappa shape index (κ1) is 23.2. The Bertz CT molecular complexity index is 795. The SMILES string of the molecule is COC(=O)c1cc(NC(=O)C2CCCN(C(=O)OC(C)(C)C)C2)cc(C(=O)OC)c1. The first-order valence-corrected chi connectivity index (χ1v) is 9.64. The van der Waals surface area contributed by atoms with E-state index in [-0.39, 0.29) is 29.3 Å². The molecule has 1 atom stereocenters. The highest BCUT2D eigenvalue weighted by atomic mass is 16.6. The average Bonchev–Trinajstić information content (AvgIpc) is 2.71. The van der Waals surface area contributed by atoms with Gasteiger partial charge in [0.25, 0.3) is 0 Å². The summed E-state index contributed by atoms with van der Waals surface area (Å²) >= 11 is 0. The predicted molar refractivity (Wildman–Crippen MR) is 108 cm³/mol. The third-order valence-electron chi connectivity index (χ3n) is 4.49. The van der Waals surface area contributed by atoms with Crippen LogP contribution in [0.2, 0.25) is 0 Å². The van der Waals surface area contributed by atoms with Crippen molar-refractivity contribution in [2.75, 3.05) is 32.6 Å². The molecule has 9 heteroatoms. The Balaban J connectivity index is 2.15. The number of piperidine rings is 1. The molecule has 0 spiro atoms. The molecule has 0 aliphatic carbocycles. The van der Waals surface area contributed by atoms with E-state index >= 15 is 0 Å². The van der Waals surface area contributed by atoms with E-state index in [9.17, 15) is 19.2 Å². The zero-order chi connectivity index (χ0) is 22.5. The van der Waals surface area contributed by atoms with Crippen molar-refractivity contribution in [3.63, 3.8) is 0 Å². The summed E-state index contributed by atoms with van der Waals surface area (Å²) in [6, 6.07) is 4.17. The fourth-order valence-corrected chi connectivity index (χ4v) is 3.10. The summed E-state index contributed by atoms with van der Waals surface area (Å²) in [6.45, 7) is 6.09. The molecule has 9 nitrogen and oxygen atoms in total. The number of carbonyl (C=O) groups is 4. The summed E-state index contributed by atoms with van der Waals surface area (Å²) in [4.78, 5) is 50.4. The summed E-state index contributed by atoms with van der Waals surface area (Å²) < 4.78 is 14.8. The van der Waals surface area contributed by atoms with Crippen LogP contribution in [0.15, 0.2) is 18.2 Å². The molecule has 1 unspecified atom stereocenters. The maximum absolute atomic E-state index is 12.8. The monoisotopic (exact) mass is 420 g/mol. The van der Waals surface area contributed by atoms with Gasteiger partial charge in [-0.2, -0.15) is 0 Å². The van der Waals surface area contributed by atoms with Crippen molar-refractivity contribution in [2.45, 2.75) is 39.2 Å². The summed E-state index contributed by atoms with van der Waals surface area (Å²) in [6.07, 6.45) is 0.805. The molecular formula is C21H28N2O7. The van der Waals surface area contributed by atoms with Gasteiger partial charge >= 0.3 is 18.0 Å². The van der Waals surface area contributed by atoms with E-state index in [1.54, 1.807) is 20.8 Å². The normalized spacial score (nSPS) is 16.4. The number of amides is 2. The van der Waals surface area contributed by atoms with Crippen molar-refractivity contribution >= 4 is 29.6 Å². The van der Waals surface area contributed by atoms with Crippen molar-refractivity contribution < 1.29 is 33.4 Å². The zero-order valence-corrected chi connectivity index (χ0v) is 17.9. The molecule has 0 radical (unpaired) electrons. The maximum Gasteiger partial charge on any atom is 0.410 e. The lowest BCUT2D eigenvalue weighted by Gasteiger charge is -2.33. The van der Waals surface area contributed by atoms with Crippen molar-refractivity contribution in [3.05, 3.63) is 29.3 Å². The largest absolute Gasteiger partial charge is 0.465 e. The van der Waals surface area contributed by atoms with Crippen LogP contribution in [0.25, 0.3) is 0 Å².